The first kappa shape index (κ1) is 16.0. The molecule has 0 aliphatic carbocycles. The first-order valence-corrected chi connectivity index (χ1v) is 8.72. The minimum atomic E-state index is -0.372. The van der Waals surface area contributed by atoms with Gasteiger partial charge in [-0.05, 0) is 43.5 Å². The third-order valence-electron chi connectivity index (χ3n) is 4.98. The number of carbonyl (C=O) groups is 1. The molecule has 25 heavy (non-hydrogen) atoms. The van der Waals surface area contributed by atoms with Crippen LogP contribution < -0.4 is 10.6 Å². The summed E-state index contributed by atoms with van der Waals surface area (Å²) >= 11 is 0. The molecule has 4 rings (SSSR count). The molecule has 2 aromatic rings. The van der Waals surface area contributed by atoms with Crippen LogP contribution in [-0.2, 0) is 0 Å². The molecule has 2 unspecified atom stereocenters. The lowest BCUT2D eigenvalue weighted by molar-refractivity contribution is 0.0749. The van der Waals surface area contributed by atoms with Crippen LogP contribution in [0, 0.1) is 5.82 Å². The quantitative estimate of drug-likeness (QED) is 0.902. The van der Waals surface area contributed by atoms with E-state index in [0.29, 0.717) is 35.7 Å². The number of nitrogens with one attached hydrogen (secondary N) is 2. The summed E-state index contributed by atoms with van der Waals surface area (Å²) in [6.07, 6.45) is 4.88. The number of rotatable bonds is 3. The van der Waals surface area contributed by atoms with E-state index in [1.807, 2.05) is 4.90 Å². The first-order chi connectivity index (χ1) is 12.2. The summed E-state index contributed by atoms with van der Waals surface area (Å²) in [5.41, 5.74) is 0.787. The number of pyridine rings is 1. The van der Waals surface area contributed by atoms with Gasteiger partial charge in [-0.25, -0.2) is 9.37 Å². The minimum absolute atomic E-state index is 0.0544. The lowest BCUT2D eigenvalue weighted by atomic mass is 10.1. The van der Waals surface area contributed by atoms with Crippen LogP contribution in [0.25, 0.3) is 0 Å². The number of amides is 1. The summed E-state index contributed by atoms with van der Waals surface area (Å²) < 4.78 is 13.9. The number of benzene rings is 1. The van der Waals surface area contributed by atoms with E-state index in [1.165, 1.54) is 12.5 Å². The Balaban J connectivity index is 1.58. The molecule has 2 aliphatic rings. The second-order valence-corrected chi connectivity index (χ2v) is 6.68. The van der Waals surface area contributed by atoms with Crippen LogP contribution in [0.15, 0.2) is 42.6 Å². The Labute approximate surface area is 146 Å². The molecule has 0 radical (unpaired) electrons. The van der Waals surface area contributed by atoms with Gasteiger partial charge in [-0.2, -0.15) is 0 Å². The van der Waals surface area contributed by atoms with E-state index in [9.17, 15) is 9.18 Å². The molecular weight excluding hydrogens is 319 g/mol. The third kappa shape index (κ3) is 3.35. The molecule has 2 bridgehead atoms. The Kier molecular flexibility index (Phi) is 4.36. The van der Waals surface area contributed by atoms with Crippen molar-refractivity contribution in [1.29, 1.82) is 0 Å². The molecule has 2 aliphatic heterocycles. The fourth-order valence-corrected chi connectivity index (χ4v) is 3.67. The van der Waals surface area contributed by atoms with Crippen LogP contribution in [0.5, 0.6) is 0 Å². The first-order valence-electron chi connectivity index (χ1n) is 8.72. The smallest absolute Gasteiger partial charge is 0.257 e. The highest BCUT2D eigenvalue weighted by molar-refractivity contribution is 5.99. The van der Waals surface area contributed by atoms with E-state index in [4.69, 9.17) is 0 Å². The van der Waals surface area contributed by atoms with E-state index in [1.54, 1.807) is 36.5 Å². The molecule has 0 saturated carbocycles. The number of halogens is 1. The number of hydrogen-bond donors (Lipinski definition) is 2. The van der Waals surface area contributed by atoms with Crippen LogP contribution in [0.2, 0.25) is 0 Å². The predicted octanol–water partition coefficient (Wildman–Crippen LogP) is 2.93. The molecule has 2 saturated heterocycles. The van der Waals surface area contributed by atoms with Crippen molar-refractivity contribution in [2.45, 2.75) is 31.3 Å². The van der Waals surface area contributed by atoms with E-state index < -0.39 is 0 Å². The molecule has 2 fully saturated rings. The van der Waals surface area contributed by atoms with Crippen molar-refractivity contribution in [2.75, 3.05) is 18.4 Å². The number of hydrogen-bond acceptors (Lipinski definition) is 4. The monoisotopic (exact) mass is 340 g/mol. The van der Waals surface area contributed by atoms with Crippen molar-refractivity contribution < 1.29 is 9.18 Å². The van der Waals surface area contributed by atoms with E-state index in [0.717, 1.165) is 19.4 Å². The number of aromatic nitrogens is 1. The molecule has 0 spiro atoms. The second-order valence-electron chi connectivity index (χ2n) is 6.68. The van der Waals surface area contributed by atoms with Gasteiger partial charge < -0.3 is 15.5 Å². The van der Waals surface area contributed by atoms with Crippen molar-refractivity contribution in [2.24, 2.45) is 0 Å². The second kappa shape index (κ2) is 6.80. The summed E-state index contributed by atoms with van der Waals surface area (Å²) in [6, 6.07) is 10.8. The van der Waals surface area contributed by atoms with Crippen molar-refractivity contribution >= 4 is 17.4 Å². The van der Waals surface area contributed by atoms with Crippen LogP contribution in [0.1, 0.15) is 29.6 Å². The van der Waals surface area contributed by atoms with Crippen molar-refractivity contribution in [3.05, 3.63) is 54.0 Å². The number of likely N-dealkylation sites (tertiary alicyclic amines) is 1. The van der Waals surface area contributed by atoms with E-state index in [-0.39, 0.29) is 11.7 Å². The van der Waals surface area contributed by atoms with Crippen LogP contribution >= 0.6 is 0 Å². The Hall–Kier alpha value is -2.47. The summed E-state index contributed by atoms with van der Waals surface area (Å²) in [6.45, 7) is 1.45. The van der Waals surface area contributed by atoms with Gasteiger partial charge in [0.2, 0.25) is 0 Å². The molecule has 1 aromatic carbocycles. The Morgan fingerprint density at radius 3 is 2.88 bits per heavy atom. The third-order valence-corrected chi connectivity index (χ3v) is 4.98. The molecule has 5 nitrogen and oxygen atoms in total. The Morgan fingerprint density at radius 2 is 2.00 bits per heavy atom. The van der Waals surface area contributed by atoms with Gasteiger partial charge in [-0.1, -0.05) is 12.1 Å². The molecular formula is C19H21FN4O. The molecule has 1 aromatic heterocycles. The standard InChI is InChI=1S/C19H21FN4O/c20-16-5-1-2-6-17(16)23-18-15(4-3-10-21-18)19(25)24-11-9-13-7-8-14(12-24)22-13/h1-6,10,13-14,22H,7-9,11-12H2,(H,21,23). The fourth-order valence-electron chi connectivity index (χ4n) is 3.67. The average Bonchev–Trinajstić information content (AvgIpc) is 2.96. The SMILES string of the molecule is O=C(c1cccnc1Nc1ccccc1F)N1CCC2CCC(C1)N2. The highest BCUT2D eigenvalue weighted by Crippen LogP contribution is 2.25. The zero-order valence-electron chi connectivity index (χ0n) is 13.9. The van der Waals surface area contributed by atoms with Gasteiger partial charge in [0.05, 0.1) is 11.3 Å². The molecule has 3 heterocycles. The number of nitrogens with zero attached hydrogens (tertiary/aromatic N) is 2. The summed E-state index contributed by atoms with van der Waals surface area (Å²) in [5.74, 6) is -0.0379. The van der Waals surface area contributed by atoms with Crippen molar-refractivity contribution in [3.63, 3.8) is 0 Å². The summed E-state index contributed by atoms with van der Waals surface area (Å²) in [5, 5.41) is 6.54. The Morgan fingerprint density at radius 1 is 1.16 bits per heavy atom. The largest absolute Gasteiger partial charge is 0.337 e. The maximum absolute atomic E-state index is 13.9. The summed E-state index contributed by atoms with van der Waals surface area (Å²) in [7, 11) is 0. The normalized spacial score (nSPS) is 22.5. The molecule has 1 amide bonds. The maximum Gasteiger partial charge on any atom is 0.257 e. The van der Waals surface area contributed by atoms with Gasteiger partial charge in [0.15, 0.2) is 0 Å². The van der Waals surface area contributed by atoms with Crippen molar-refractivity contribution in [1.82, 2.24) is 15.2 Å². The highest BCUT2D eigenvalue weighted by Gasteiger charge is 2.32. The van der Waals surface area contributed by atoms with Gasteiger partial charge in [-0.15, -0.1) is 0 Å². The lowest BCUT2D eigenvalue weighted by Crippen LogP contribution is -2.39. The van der Waals surface area contributed by atoms with Crippen LogP contribution in [0.4, 0.5) is 15.9 Å². The number of fused-ring (bicyclic) bond motifs is 2. The maximum atomic E-state index is 13.9. The van der Waals surface area contributed by atoms with Crippen molar-refractivity contribution in [3.8, 4) is 0 Å². The van der Waals surface area contributed by atoms with Gasteiger partial charge in [0.1, 0.15) is 11.6 Å². The van der Waals surface area contributed by atoms with E-state index in [2.05, 4.69) is 15.6 Å². The fraction of sp³-hybridized carbons (Fsp3) is 0.368. The van der Waals surface area contributed by atoms with Crippen LogP contribution in [0.3, 0.4) is 0 Å². The number of carbonyl (C=O) groups excluding carboxylic acids is 1. The number of para-hydroxylation sites is 1. The molecule has 130 valence electrons. The predicted molar refractivity (Wildman–Crippen MR) is 94.4 cm³/mol. The molecule has 6 heteroatoms. The molecule has 2 N–H and O–H groups in total. The van der Waals surface area contributed by atoms with Gasteiger partial charge >= 0.3 is 0 Å². The average molecular weight is 340 g/mol. The highest BCUT2D eigenvalue weighted by atomic mass is 19.1. The topological polar surface area (TPSA) is 57.3 Å². The van der Waals surface area contributed by atoms with Crippen LogP contribution in [-0.4, -0.2) is 41.0 Å². The summed E-state index contributed by atoms with van der Waals surface area (Å²) in [4.78, 5) is 19.2. The minimum Gasteiger partial charge on any atom is -0.337 e. The lowest BCUT2D eigenvalue weighted by Gasteiger charge is -2.25. The molecule has 2 atom stereocenters. The van der Waals surface area contributed by atoms with Gasteiger partial charge in [0.25, 0.3) is 5.91 Å². The van der Waals surface area contributed by atoms with E-state index >= 15 is 0 Å². The van der Waals surface area contributed by atoms with Gasteiger partial charge in [0, 0.05) is 31.4 Å². The zero-order chi connectivity index (χ0) is 17.2. The zero-order valence-corrected chi connectivity index (χ0v) is 13.9. The Bertz CT molecular complexity index is 782. The van der Waals surface area contributed by atoms with Gasteiger partial charge in [-0.3, -0.25) is 4.79 Å². The number of anilines is 2.